The number of aromatic nitrogens is 1. The molecule has 16 heteroatoms. The highest BCUT2D eigenvalue weighted by Gasteiger charge is 2.32. The second-order valence-electron chi connectivity index (χ2n) is 9.43. The standard InChI is InChI=1S/C30H27F2N5O8S/c1-3-44-30(41)36(15-21-22(31)5-4-6-23(21)32)29-26(28(40)35-18-9-12-24(34-13-18)45-16-25(38)39)20(14-33-2)27(46-29)17-7-10-19(11-8-17)37(42)43/h4-13,33H,3,14-16H2,1-2H3,(H,35,40)(H,38,39). The molecule has 0 aliphatic carbocycles. The number of non-ortho nitro benzene ring substituents is 1. The number of pyridine rings is 1. The molecule has 0 saturated heterocycles. The second-order valence-corrected chi connectivity index (χ2v) is 10.4. The summed E-state index contributed by atoms with van der Waals surface area (Å²) in [6, 6.07) is 11.6. The number of carbonyl (C=O) groups excluding carboxylic acids is 2. The van der Waals surface area contributed by atoms with E-state index in [1.807, 2.05) is 0 Å². The highest BCUT2D eigenvalue weighted by atomic mass is 32.1. The molecule has 0 saturated carbocycles. The number of nitrogens with zero attached hydrogens (tertiary/aromatic N) is 3. The Balaban J connectivity index is 1.87. The molecular formula is C30H27F2N5O8S. The lowest BCUT2D eigenvalue weighted by Crippen LogP contribution is -2.33. The molecule has 0 spiro atoms. The topological polar surface area (TPSA) is 173 Å². The molecule has 46 heavy (non-hydrogen) atoms. The van der Waals surface area contributed by atoms with Crippen LogP contribution in [-0.2, 0) is 22.6 Å². The van der Waals surface area contributed by atoms with Crippen molar-refractivity contribution in [3.63, 3.8) is 0 Å². The zero-order valence-electron chi connectivity index (χ0n) is 24.4. The monoisotopic (exact) mass is 655 g/mol. The number of anilines is 2. The SMILES string of the molecule is CCOC(=O)N(Cc1c(F)cccc1F)c1sc(-c2ccc([N+](=O)[O-])cc2)c(CNC)c1C(=O)Nc1ccc(OCC(=O)O)nc1. The van der Waals surface area contributed by atoms with E-state index in [1.54, 1.807) is 14.0 Å². The molecule has 0 unspecified atom stereocenters. The van der Waals surface area contributed by atoms with Crippen LogP contribution in [0.1, 0.15) is 28.4 Å². The van der Waals surface area contributed by atoms with Gasteiger partial charge < -0.3 is 25.2 Å². The quantitative estimate of drug-likeness (QED) is 0.122. The molecule has 0 radical (unpaired) electrons. The van der Waals surface area contributed by atoms with Crippen LogP contribution >= 0.6 is 11.3 Å². The first kappa shape index (κ1) is 33.4. The van der Waals surface area contributed by atoms with E-state index in [9.17, 15) is 33.3 Å². The van der Waals surface area contributed by atoms with Crippen molar-refractivity contribution in [2.24, 2.45) is 0 Å². The number of aliphatic carboxylic acids is 1. The Labute approximate surface area is 264 Å². The second kappa shape index (κ2) is 15.0. The molecule has 4 aromatic rings. The van der Waals surface area contributed by atoms with E-state index < -0.39 is 53.2 Å². The van der Waals surface area contributed by atoms with Gasteiger partial charge in [-0.15, -0.1) is 11.3 Å². The number of ether oxygens (including phenoxy) is 2. The minimum absolute atomic E-state index is 0.00616. The number of nitro benzene ring substituents is 1. The maximum atomic E-state index is 14.8. The third-order valence-electron chi connectivity index (χ3n) is 6.36. The fourth-order valence-electron chi connectivity index (χ4n) is 4.32. The molecule has 0 aliphatic rings. The number of benzene rings is 2. The zero-order chi connectivity index (χ0) is 33.4. The number of halogens is 2. The smallest absolute Gasteiger partial charge is 0.415 e. The number of hydrogen-bond acceptors (Lipinski definition) is 10. The summed E-state index contributed by atoms with van der Waals surface area (Å²) in [6.07, 6.45) is 0.252. The van der Waals surface area contributed by atoms with Gasteiger partial charge in [-0.1, -0.05) is 6.07 Å². The molecule has 2 aromatic heterocycles. The lowest BCUT2D eigenvalue weighted by Gasteiger charge is -2.22. The number of rotatable bonds is 13. The van der Waals surface area contributed by atoms with Crippen molar-refractivity contribution in [2.75, 3.05) is 30.5 Å². The number of carboxylic acids is 1. The van der Waals surface area contributed by atoms with E-state index >= 15 is 0 Å². The van der Waals surface area contributed by atoms with Crippen molar-refractivity contribution in [1.29, 1.82) is 0 Å². The number of carbonyl (C=O) groups is 3. The van der Waals surface area contributed by atoms with Gasteiger partial charge in [0.05, 0.1) is 35.5 Å². The predicted molar refractivity (Wildman–Crippen MR) is 164 cm³/mol. The number of nitrogens with one attached hydrogen (secondary N) is 2. The summed E-state index contributed by atoms with van der Waals surface area (Å²) in [7, 11) is 1.62. The molecule has 0 bridgehead atoms. The van der Waals surface area contributed by atoms with Gasteiger partial charge in [-0.25, -0.2) is 23.4 Å². The normalized spacial score (nSPS) is 10.7. The first-order valence-corrected chi connectivity index (χ1v) is 14.4. The van der Waals surface area contributed by atoms with E-state index in [0.717, 1.165) is 28.4 Å². The fraction of sp³-hybridized carbons (Fsp3) is 0.200. The van der Waals surface area contributed by atoms with Gasteiger partial charge in [-0.05, 0) is 55.4 Å². The molecule has 2 heterocycles. The van der Waals surface area contributed by atoms with Crippen molar-refractivity contribution in [2.45, 2.75) is 20.0 Å². The molecule has 0 atom stereocenters. The Kier molecular flexibility index (Phi) is 10.9. The highest BCUT2D eigenvalue weighted by Crippen LogP contribution is 2.44. The number of hydrogen-bond donors (Lipinski definition) is 3. The summed E-state index contributed by atoms with van der Waals surface area (Å²) < 4.78 is 39.9. The Morgan fingerprint density at radius 3 is 2.33 bits per heavy atom. The third kappa shape index (κ3) is 7.77. The molecule has 3 N–H and O–H groups in total. The van der Waals surface area contributed by atoms with Crippen LogP contribution < -0.4 is 20.3 Å². The minimum atomic E-state index is -1.20. The van der Waals surface area contributed by atoms with Crippen LogP contribution in [0.25, 0.3) is 10.4 Å². The number of carboxylic acid groups (broad SMARTS) is 1. The van der Waals surface area contributed by atoms with Gasteiger partial charge >= 0.3 is 12.1 Å². The zero-order valence-corrected chi connectivity index (χ0v) is 25.2. The van der Waals surface area contributed by atoms with E-state index in [1.165, 1.54) is 48.7 Å². The summed E-state index contributed by atoms with van der Waals surface area (Å²) >= 11 is 0.956. The van der Waals surface area contributed by atoms with Crippen LogP contribution in [0.5, 0.6) is 5.88 Å². The number of nitro groups is 1. The molecule has 0 aliphatic heterocycles. The summed E-state index contributed by atoms with van der Waals surface area (Å²) in [5, 5.41) is 25.7. The van der Waals surface area contributed by atoms with Crippen LogP contribution in [0.4, 0.5) is 30.0 Å². The first-order chi connectivity index (χ1) is 22.0. The van der Waals surface area contributed by atoms with Crippen molar-refractivity contribution >= 4 is 45.7 Å². The van der Waals surface area contributed by atoms with Gasteiger partial charge in [0.15, 0.2) is 6.61 Å². The third-order valence-corrected chi connectivity index (χ3v) is 7.66. The molecule has 2 aromatic carbocycles. The van der Waals surface area contributed by atoms with E-state index in [0.29, 0.717) is 16.0 Å². The average molecular weight is 656 g/mol. The van der Waals surface area contributed by atoms with Crippen LogP contribution in [0.15, 0.2) is 60.8 Å². The van der Waals surface area contributed by atoms with Crippen molar-refractivity contribution in [3.05, 3.63) is 99.2 Å². The van der Waals surface area contributed by atoms with Crippen molar-refractivity contribution in [1.82, 2.24) is 10.3 Å². The average Bonchev–Trinajstić information content (AvgIpc) is 3.39. The number of amides is 2. The Morgan fingerprint density at radius 1 is 1.07 bits per heavy atom. The summed E-state index contributed by atoms with van der Waals surface area (Å²) in [6.45, 7) is 0.294. The van der Waals surface area contributed by atoms with E-state index in [4.69, 9.17) is 14.6 Å². The van der Waals surface area contributed by atoms with Crippen LogP contribution in [0, 0.1) is 21.7 Å². The molecular weight excluding hydrogens is 628 g/mol. The summed E-state index contributed by atoms with van der Waals surface area (Å²) in [5.41, 5.74) is 0.391. The summed E-state index contributed by atoms with van der Waals surface area (Å²) in [5.74, 6) is -3.77. The highest BCUT2D eigenvalue weighted by molar-refractivity contribution is 7.20. The van der Waals surface area contributed by atoms with E-state index in [-0.39, 0.29) is 41.0 Å². The molecule has 0 fully saturated rings. The lowest BCUT2D eigenvalue weighted by atomic mass is 10.0. The lowest BCUT2D eigenvalue weighted by molar-refractivity contribution is -0.384. The Bertz CT molecular complexity index is 1730. The minimum Gasteiger partial charge on any atom is -0.479 e. The predicted octanol–water partition coefficient (Wildman–Crippen LogP) is 5.59. The first-order valence-electron chi connectivity index (χ1n) is 13.6. The van der Waals surface area contributed by atoms with Gasteiger partial charge in [-0.2, -0.15) is 0 Å². The van der Waals surface area contributed by atoms with Gasteiger partial charge in [0.2, 0.25) is 5.88 Å². The maximum absolute atomic E-state index is 14.8. The Morgan fingerprint density at radius 2 is 1.76 bits per heavy atom. The summed E-state index contributed by atoms with van der Waals surface area (Å²) in [4.78, 5) is 54.2. The molecule has 4 rings (SSSR count). The Hall–Kier alpha value is -5.48. The largest absolute Gasteiger partial charge is 0.479 e. The van der Waals surface area contributed by atoms with Crippen LogP contribution in [0.2, 0.25) is 0 Å². The van der Waals surface area contributed by atoms with Gasteiger partial charge in [-0.3, -0.25) is 19.8 Å². The van der Waals surface area contributed by atoms with Gasteiger partial charge in [0.25, 0.3) is 11.6 Å². The van der Waals surface area contributed by atoms with E-state index in [2.05, 4.69) is 15.6 Å². The van der Waals surface area contributed by atoms with Crippen molar-refractivity contribution in [3.8, 4) is 16.3 Å². The molecule has 2 amide bonds. The maximum Gasteiger partial charge on any atom is 0.415 e. The fourth-order valence-corrected chi connectivity index (χ4v) is 5.63. The number of thiophene rings is 1. The molecule has 240 valence electrons. The van der Waals surface area contributed by atoms with Crippen molar-refractivity contribution < 1.29 is 42.7 Å². The van der Waals surface area contributed by atoms with Crippen LogP contribution in [-0.4, -0.2) is 53.2 Å². The van der Waals surface area contributed by atoms with Crippen LogP contribution in [0.3, 0.4) is 0 Å². The van der Waals surface area contributed by atoms with Gasteiger partial charge in [0.1, 0.15) is 16.6 Å². The molecule has 13 nitrogen and oxygen atoms in total. The van der Waals surface area contributed by atoms with Gasteiger partial charge in [0, 0.05) is 35.2 Å².